The molecule has 19 heavy (non-hydrogen) atoms. The van der Waals surface area contributed by atoms with Crippen molar-refractivity contribution in [3.63, 3.8) is 0 Å². The summed E-state index contributed by atoms with van der Waals surface area (Å²) in [5, 5.41) is 1.33. The van der Waals surface area contributed by atoms with Crippen molar-refractivity contribution >= 4 is 21.4 Å². The Kier molecular flexibility index (Phi) is 3.51. The van der Waals surface area contributed by atoms with Crippen molar-refractivity contribution in [2.45, 2.75) is 13.3 Å². The van der Waals surface area contributed by atoms with Crippen molar-refractivity contribution in [1.82, 2.24) is 0 Å². The first-order chi connectivity index (χ1) is 9.36. The van der Waals surface area contributed by atoms with Gasteiger partial charge < -0.3 is 4.74 Å². The van der Waals surface area contributed by atoms with E-state index in [0.717, 1.165) is 12.2 Å². The molecule has 3 rings (SSSR count). The van der Waals surface area contributed by atoms with Gasteiger partial charge in [-0.3, -0.25) is 0 Å². The van der Waals surface area contributed by atoms with Gasteiger partial charge in [-0.15, -0.1) is 11.3 Å². The minimum absolute atomic E-state index is 0. The van der Waals surface area contributed by atoms with Crippen LogP contribution < -0.4 is 4.74 Å². The zero-order valence-corrected chi connectivity index (χ0v) is 11.7. The number of thiophene rings is 1. The molecule has 3 aromatic rings. The van der Waals surface area contributed by atoms with E-state index >= 15 is 0 Å². The predicted octanol–water partition coefficient (Wildman–Crippen LogP) is 5.14. The number of hydrogen-bond donors (Lipinski definition) is 0. The van der Waals surface area contributed by atoms with Gasteiger partial charge >= 0.3 is 0 Å². The van der Waals surface area contributed by atoms with E-state index in [1.807, 2.05) is 30.4 Å². The summed E-state index contributed by atoms with van der Waals surface area (Å²) in [5.41, 5.74) is 1.26. The van der Waals surface area contributed by atoms with Gasteiger partial charge in [-0.2, -0.15) is 0 Å². The van der Waals surface area contributed by atoms with E-state index in [4.69, 9.17) is 4.74 Å². The zero-order chi connectivity index (χ0) is 13.1. The Morgan fingerprint density at radius 3 is 2.68 bits per heavy atom. The molecule has 0 N–H and O–H groups in total. The molecule has 1 nitrogen and oxygen atoms in total. The van der Waals surface area contributed by atoms with Crippen LogP contribution in [0.2, 0.25) is 0 Å². The van der Waals surface area contributed by atoms with Gasteiger partial charge in [0.15, 0.2) is 0 Å². The lowest BCUT2D eigenvalue weighted by atomic mass is 10.1. The number of fused-ring (bicyclic) bond motifs is 1. The Hall–Kier alpha value is -1.80. The summed E-state index contributed by atoms with van der Waals surface area (Å²) in [5.74, 6) is 1.00. The van der Waals surface area contributed by atoms with Crippen LogP contribution in [0.3, 0.4) is 0 Å². The molecule has 0 spiro atoms. The van der Waals surface area contributed by atoms with Gasteiger partial charge in [0.1, 0.15) is 5.75 Å². The molecule has 1 heterocycles. The van der Waals surface area contributed by atoms with Gasteiger partial charge in [-0.05, 0) is 36.1 Å². The maximum absolute atomic E-state index is 5.69. The first kappa shape index (κ1) is 12.2. The summed E-state index contributed by atoms with van der Waals surface area (Å²) in [7, 11) is 0. The number of ether oxygens (including phenoxy) is 1. The first-order valence-corrected chi connectivity index (χ1v) is 7.36. The average molecular weight is 270 g/mol. The highest BCUT2D eigenvalue weighted by Crippen LogP contribution is 2.29. The minimum Gasteiger partial charge on any atom is -0.494 e. The molecule has 1 aromatic heterocycles. The monoisotopic (exact) mass is 270 g/mol. The van der Waals surface area contributed by atoms with Crippen LogP contribution in [0.1, 0.15) is 18.8 Å². The second-order valence-corrected chi connectivity index (χ2v) is 5.64. The van der Waals surface area contributed by atoms with E-state index in [9.17, 15) is 0 Å². The summed E-state index contributed by atoms with van der Waals surface area (Å²) >= 11 is 1.86. The Bertz CT molecular complexity index is 657. The summed E-state index contributed by atoms with van der Waals surface area (Å²) < 4.78 is 7.04. The number of benzene rings is 2. The highest BCUT2D eigenvalue weighted by Gasteiger charge is 2.06. The molecule has 0 aliphatic rings. The molecule has 0 amide bonds. The van der Waals surface area contributed by atoms with Crippen LogP contribution in [0, 0.1) is 0 Å². The SMILES string of the molecule is CCOc1ccccc1Cc1cc2ccccc2s1.[HH]. The van der Waals surface area contributed by atoms with Crippen molar-refractivity contribution in [2.75, 3.05) is 6.61 Å². The highest BCUT2D eigenvalue weighted by atomic mass is 32.1. The average Bonchev–Trinajstić information content (AvgIpc) is 2.83. The molecular formula is C17H18OS. The van der Waals surface area contributed by atoms with Crippen molar-refractivity contribution in [3.8, 4) is 5.75 Å². The fourth-order valence-electron chi connectivity index (χ4n) is 2.26. The van der Waals surface area contributed by atoms with Crippen molar-refractivity contribution in [1.29, 1.82) is 0 Å². The maximum atomic E-state index is 5.69. The lowest BCUT2D eigenvalue weighted by molar-refractivity contribution is 0.337. The quantitative estimate of drug-likeness (QED) is 0.638. The molecule has 98 valence electrons. The molecule has 0 fully saturated rings. The molecule has 0 unspecified atom stereocenters. The van der Waals surface area contributed by atoms with E-state index in [1.165, 1.54) is 20.5 Å². The Morgan fingerprint density at radius 2 is 1.84 bits per heavy atom. The topological polar surface area (TPSA) is 9.23 Å². The van der Waals surface area contributed by atoms with Crippen molar-refractivity contribution in [3.05, 3.63) is 65.0 Å². The Morgan fingerprint density at radius 1 is 1.05 bits per heavy atom. The molecule has 0 saturated heterocycles. The van der Waals surface area contributed by atoms with Crippen LogP contribution in [0.5, 0.6) is 5.75 Å². The molecule has 0 bridgehead atoms. The fourth-order valence-corrected chi connectivity index (χ4v) is 3.35. The second-order valence-electron chi connectivity index (χ2n) is 4.47. The number of para-hydroxylation sites is 1. The van der Waals surface area contributed by atoms with Gasteiger partial charge in [-0.25, -0.2) is 0 Å². The van der Waals surface area contributed by atoms with E-state index in [-0.39, 0.29) is 1.43 Å². The Balaban J connectivity index is 0.00000147. The van der Waals surface area contributed by atoms with Crippen LogP contribution >= 0.6 is 11.3 Å². The van der Waals surface area contributed by atoms with E-state index < -0.39 is 0 Å². The van der Waals surface area contributed by atoms with Gasteiger partial charge in [0.25, 0.3) is 0 Å². The second kappa shape index (κ2) is 5.45. The fraction of sp³-hybridized carbons (Fsp3) is 0.176. The predicted molar refractivity (Wildman–Crippen MR) is 84.4 cm³/mol. The minimum atomic E-state index is 0. The molecular weight excluding hydrogens is 252 g/mol. The largest absolute Gasteiger partial charge is 0.494 e. The zero-order valence-electron chi connectivity index (χ0n) is 10.9. The van der Waals surface area contributed by atoms with Gasteiger partial charge in [-0.1, -0.05) is 36.4 Å². The van der Waals surface area contributed by atoms with Crippen molar-refractivity contribution < 1.29 is 6.16 Å². The molecule has 2 heteroatoms. The van der Waals surface area contributed by atoms with Crippen LogP contribution in [-0.4, -0.2) is 6.61 Å². The van der Waals surface area contributed by atoms with Crippen LogP contribution in [0.25, 0.3) is 10.1 Å². The third-order valence-electron chi connectivity index (χ3n) is 3.11. The third-order valence-corrected chi connectivity index (χ3v) is 4.23. The lowest BCUT2D eigenvalue weighted by Crippen LogP contribution is -1.96. The summed E-state index contributed by atoms with van der Waals surface area (Å²) in [6, 6.07) is 19.1. The standard InChI is InChI=1S/C17H16OS.H2/c1-2-18-16-9-5-3-7-13(16)11-15-12-14-8-4-6-10-17(14)19-15;/h3-10,12H,2,11H2,1H3;1H. The van der Waals surface area contributed by atoms with Gasteiger partial charge in [0, 0.05) is 17.4 Å². The third kappa shape index (κ3) is 2.64. The molecule has 0 saturated carbocycles. The Labute approximate surface area is 119 Å². The van der Waals surface area contributed by atoms with Crippen LogP contribution in [0.4, 0.5) is 0 Å². The van der Waals surface area contributed by atoms with E-state index in [1.54, 1.807) is 0 Å². The van der Waals surface area contributed by atoms with Gasteiger partial charge in [0.05, 0.1) is 6.61 Å². The summed E-state index contributed by atoms with van der Waals surface area (Å²) in [6.07, 6.45) is 0.940. The lowest BCUT2D eigenvalue weighted by Gasteiger charge is -2.08. The molecule has 0 aliphatic carbocycles. The van der Waals surface area contributed by atoms with Gasteiger partial charge in [0.2, 0.25) is 0 Å². The van der Waals surface area contributed by atoms with Crippen LogP contribution in [0.15, 0.2) is 54.6 Å². The maximum Gasteiger partial charge on any atom is 0.122 e. The molecule has 0 atom stereocenters. The van der Waals surface area contributed by atoms with E-state index in [0.29, 0.717) is 6.61 Å². The summed E-state index contributed by atoms with van der Waals surface area (Å²) in [6.45, 7) is 2.74. The smallest absolute Gasteiger partial charge is 0.122 e. The highest BCUT2D eigenvalue weighted by molar-refractivity contribution is 7.19. The van der Waals surface area contributed by atoms with Crippen LogP contribution in [-0.2, 0) is 6.42 Å². The van der Waals surface area contributed by atoms with E-state index in [2.05, 4.69) is 42.5 Å². The first-order valence-electron chi connectivity index (χ1n) is 6.55. The van der Waals surface area contributed by atoms with Crippen molar-refractivity contribution in [2.24, 2.45) is 0 Å². The normalized spacial score (nSPS) is 10.8. The number of rotatable bonds is 4. The summed E-state index contributed by atoms with van der Waals surface area (Å²) in [4.78, 5) is 1.38. The molecule has 0 aliphatic heterocycles. The number of hydrogen-bond acceptors (Lipinski definition) is 2. The molecule has 2 aromatic carbocycles. The molecule has 0 radical (unpaired) electrons.